The molecule has 0 spiro atoms. The summed E-state index contributed by atoms with van der Waals surface area (Å²) >= 11 is 0. The summed E-state index contributed by atoms with van der Waals surface area (Å²) in [7, 11) is 1.50. The first-order chi connectivity index (χ1) is 7.66. The molecule has 2 aliphatic rings. The molecule has 3 heteroatoms. The van der Waals surface area contributed by atoms with Crippen molar-refractivity contribution in [2.45, 2.75) is 51.0 Å². The van der Waals surface area contributed by atoms with E-state index in [9.17, 15) is 4.79 Å². The minimum atomic E-state index is -0.371. The van der Waals surface area contributed by atoms with Crippen molar-refractivity contribution in [1.82, 2.24) is 5.32 Å². The quantitative estimate of drug-likeness (QED) is 0.745. The topological polar surface area (TPSA) is 38.3 Å². The SMILES string of the molecule is COC(=O)C1(NCC2CC2)CCC(C)CC1. The Kier molecular flexibility index (Phi) is 3.53. The Morgan fingerprint density at radius 2 is 1.94 bits per heavy atom. The van der Waals surface area contributed by atoms with Gasteiger partial charge in [-0.3, -0.25) is 4.79 Å². The Bertz CT molecular complexity index is 253. The zero-order chi connectivity index (χ0) is 11.6. The van der Waals surface area contributed by atoms with E-state index in [1.165, 1.54) is 20.0 Å². The molecule has 0 atom stereocenters. The van der Waals surface area contributed by atoms with Crippen LogP contribution in [0.2, 0.25) is 0 Å². The molecule has 0 aliphatic heterocycles. The molecule has 0 unspecified atom stereocenters. The largest absolute Gasteiger partial charge is 0.468 e. The molecule has 92 valence electrons. The second-order valence-corrected chi connectivity index (χ2v) is 5.58. The summed E-state index contributed by atoms with van der Waals surface area (Å²) in [6.07, 6.45) is 6.78. The average Bonchev–Trinajstić information content (AvgIpc) is 3.12. The fourth-order valence-electron chi connectivity index (χ4n) is 2.57. The summed E-state index contributed by atoms with van der Waals surface area (Å²) in [5.41, 5.74) is -0.371. The van der Waals surface area contributed by atoms with Crippen LogP contribution in [-0.4, -0.2) is 25.2 Å². The highest BCUT2D eigenvalue weighted by molar-refractivity contribution is 5.80. The van der Waals surface area contributed by atoms with Crippen molar-refractivity contribution in [3.05, 3.63) is 0 Å². The van der Waals surface area contributed by atoms with Crippen LogP contribution in [0.15, 0.2) is 0 Å². The third-order valence-electron chi connectivity index (χ3n) is 4.13. The molecule has 0 radical (unpaired) electrons. The van der Waals surface area contributed by atoms with Gasteiger partial charge in [0.25, 0.3) is 0 Å². The zero-order valence-electron chi connectivity index (χ0n) is 10.4. The molecule has 0 aromatic heterocycles. The van der Waals surface area contributed by atoms with E-state index in [0.29, 0.717) is 0 Å². The molecule has 0 amide bonds. The number of hydrogen-bond acceptors (Lipinski definition) is 3. The van der Waals surface area contributed by atoms with Crippen LogP contribution in [0, 0.1) is 11.8 Å². The van der Waals surface area contributed by atoms with E-state index in [-0.39, 0.29) is 11.5 Å². The molecule has 2 rings (SSSR count). The Morgan fingerprint density at radius 1 is 1.31 bits per heavy atom. The molecule has 0 aromatic carbocycles. The van der Waals surface area contributed by atoms with Gasteiger partial charge in [-0.1, -0.05) is 6.92 Å². The number of esters is 1. The molecule has 0 saturated heterocycles. The lowest BCUT2D eigenvalue weighted by molar-refractivity contribution is -0.150. The lowest BCUT2D eigenvalue weighted by atomic mass is 9.77. The molecule has 0 bridgehead atoms. The number of ether oxygens (including phenoxy) is 1. The maximum Gasteiger partial charge on any atom is 0.326 e. The molecule has 3 nitrogen and oxygen atoms in total. The van der Waals surface area contributed by atoms with Gasteiger partial charge in [-0.2, -0.15) is 0 Å². The third-order valence-corrected chi connectivity index (χ3v) is 4.13. The van der Waals surface area contributed by atoms with Gasteiger partial charge in [-0.05, 0) is 56.9 Å². The Morgan fingerprint density at radius 3 is 2.44 bits per heavy atom. The fraction of sp³-hybridized carbons (Fsp3) is 0.923. The minimum Gasteiger partial charge on any atom is -0.468 e. The van der Waals surface area contributed by atoms with Gasteiger partial charge in [-0.15, -0.1) is 0 Å². The van der Waals surface area contributed by atoms with Gasteiger partial charge in [0.05, 0.1) is 7.11 Å². The smallest absolute Gasteiger partial charge is 0.326 e. The summed E-state index contributed by atoms with van der Waals surface area (Å²) in [6.45, 7) is 3.26. The van der Waals surface area contributed by atoms with Crippen molar-refractivity contribution in [3.63, 3.8) is 0 Å². The van der Waals surface area contributed by atoms with Crippen molar-refractivity contribution in [2.75, 3.05) is 13.7 Å². The van der Waals surface area contributed by atoms with Crippen LogP contribution in [-0.2, 0) is 9.53 Å². The lowest BCUT2D eigenvalue weighted by Gasteiger charge is -2.37. The van der Waals surface area contributed by atoms with Gasteiger partial charge in [0, 0.05) is 0 Å². The van der Waals surface area contributed by atoms with Gasteiger partial charge in [0.15, 0.2) is 0 Å². The van der Waals surface area contributed by atoms with Crippen LogP contribution in [0.1, 0.15) is 45.4 Å². The minimum absolute atomic E-state index is 0.0555. The molecule has 2 aliphatic carbocycles. The van der Waals surface area contributed by atoms with Crippen molar-refractivity contribution in [2.24, 2.45) is 11.8 Å². The Hall–Kier alpha value is -0.570. The van der Waals surface area contributed by atoms with Crippen LogP contribution in [0.3, 0.4) is 0 Å². The average molecular weight is 225 g/mol. The predicted octanol–water partition coefficient (Wildman–Crippen LogP) is 2.11. The number of carbonyl (C=O) groups excluding carboxylic acids is 1. The van der Waals surface area contributed by atoms with Crippen molar-refractivity contribution in [1.29, 1.82) is 0 Å². The van der Waals surface area contributed by atoms with E-state index >= 15 is 0 Å². The molecule has 16 heavy (non-hydrogen) atoms. The van der Waals surface area contributed by atoms with Gasteiger partial charge < -0.3 is 10.1 Å². The van der Waals surface area contributed by atoms with Crippen LogP contribution < -0.4 is 5.32 Å². The molecular formula is C13H23NO2. The van der Waals surface area contributed by atoms with Crippen molar-refractivity contribution >= 4 is 5.97 Å². The zero-order valence-corrected chi connectivity index (χ0v) is 10.4. The van der Waals surface area contributed by atoms with Crippen LogP contribution >= 0.6 is 0 Å². The van der Waals surface area contributed by atoms with Gasteiger partial charge in [0.1, 0.15) is 5.54 Å². The summed E-state index contributed by atoms with van der Waals surface area (Å²) < 4.78 is 4.98. The number of hydrogen-bond donors (Lipinski definition) is 1. The summed E-state index contributed by atoms with van der Waals surface area (Å²) in [5.74, 6) is 1.50. The molecule has 0 heterocycles. The van der Waals surface area contributed by atoms with Gasteiger partial charge >= 0.3 is 5.97 Å². The van der Waals surface area contributed by atoms with Crippen LogP contribution in [0.25, 0.3) is 0 Å². The second kappa shape index (κ2) is 4.74. The molecular weight excluding hydrogens is 202 g/mol. The number of carbonyl (C=O) groups is 1. The van der Waals surface area contributed by atoms with Crippen LogP contribution in [0.4, 0.5) is 0 Å². The van der Waals surface area contributed by atoms with Crippen molar-refractivity contribution < 1.29 is 9.53 Å². The second-order valence-electron chi connectivity index (χ2n) is 5.58. The standard InChI is InChI=1S/C13H23NO2/c1-10-5-7-13(8-6-10,12(15)16-2)14-9-11-3-4-11/h10-11,14H,3-9H2,1-2H3. The maximum absolute atomic E-state index is 11.9. The molecule has 2 saturated carbocycles. The van der Waals surface area contributed by atoms with Gasteiger partial charge in [-0.25, -0.2) is 0 Å². The first-order valence-electron chi connectivity index (χ1n) is 6.50. The molecule has 0 aromatic rings. The maximum atomic E-state index is 11.9. The van der Waals surface area contributed by atoms with Crippen molar-refractivity contribution in [3.8, 4) is 0 Å². The monoisotopic (exact) mass is 225 g/mol. The molecule has 1 N–H and O–H groups in total. The van der Waals surface area contributed by atoms with E-state index in [0.717, 1.165) is 44.1 Å². The van der Waals surface area contributed by atoms with E-state index < -0.39 is 0 Å². The Balaban J connectivity index is 1.96. The van der Waals surface area contributed by atoms with E-state index in [2.05, 4.69) is 12.2 Å². The predicted molar refractivity (Wildman–Crippen MR) is 63.1 cm³/mol. The Labute approximate surface area is 97.9 Å². The summed E-state index contributed by atoms with van der Waals surface area (Å²) in [5, 5.41) is 3.49. The molecule has 2 fully saturated rings. The lowest BCUT2D eigenvalue weighted by Crippen LogP contribution is -2.55. The van der Waals surface area contributed by atoms with Gasteiger partial charge in [0.2, 0.25) is 0 Å². The van der Waals surface area contributed by atoms with E-state index in [1.54, 1.807) is 0 Å². The van der Waals surface area contributed by atoms with E-state index in [4.69, 9.17) is 4.74 Å². The third kappa shape index (κ3) is 2.57. The first kappa shape index (κ1) is 11.9. The fourth-order valence-corrected chi connectivity index (χ4v) is 2.57. The highest BCUT2D eigenvalue weighted by atomic mass is 16.5. The number of nitrogens with one attached hydrogen (secondary N) is 1. The number of rotatable bonds is 4. The summed E-state index contributed by atoms with van der Waals surface area (Å²) in [4.78, 5) is 11.9. The number of methoxy groups -OCH3 is 1. The summed E-state index contributed by atoms with van der Waals surface area (Å²) in [6, 6.07) is 0. The highest BCUT2D eigenvalue weighted by Gasteiger charge is 2.42. The van der Waals surface area contributed by atoms with Crippen LogP contribution in [0.5, 0.6) is 0 Å². The first-order valence-corrected chi connectivity index (χ1v) is 6.50. The van der Waals surface area contributed by atoms with E-state index in [1.807, 2.05) is 0 Å². The highest BCUT2D eigenvalue weighted by Crippen LogP contribution is 2.35. The normalized spacial score (nSPS) is 34.8.